The zero-order chi connectivity index (χ0) is 28.3. The van der Waals surface area contributed by atoms with Crippen molar-refractivity contribution in [3.63, 3.8) is 0 Å². The zero-order valence-corrected chi connectivity index (χ0v) is 21.3. The zero-order valence-electron chi connectivity index (χ0n) is 21.3. The van der Waals surface area contributed by atoms with E-state index in [9.17, 15) is 26.7 Å². The second-order valence-corrected chi connectivity index (χ2v) is 9.62. The van der Waals surface area contributed by atoms with Gasteiger partial charge in [-0.2, -0.15) is 13.2 Å². The lowest BCUT2D eigenvalue weighted by Crippen LogP contribution is -2.48. The van der Waals surface area contributed by atoms with Crippen molar-refractivity contribution in [1.82, 2.24) is 19.8 Å². The first-order valence-electron chi connectivity index (χ1n) is 12.7. The van der Waals surface area contributed by atoms with E-state index in [2.05, 4.69) is 15.2 Å². The topological polar surface area (TPSA) is 53.4 Å². The van der Waals surface area contributed by atoms with Crippen LogP contribution in [0.25, 0.3) is 5.82 Å². The summed E-state index contributed by atoms with van der Waals surface area (Å²) in [6, 6.07) is 14.8. The number of urea groups is 1. The number of piperidine rings is 1. The number of rotatable bonds is 6. The van der Waals surface area contributed by atoms with E-state index in [1.54, 1.807) is 10.8 Å². The molecule has 3 heterocycles. The second kappa shape index (κ2) is 11.5. The summed E-state index contributed by atoms with van der Waals surface area (Å²) in [5.74, 6) is -0.462. The number of amides is 2. The Bertz CT molecular complexity index is 1380. The highest BCUT2D eigenvalue weighted by molar-refractivity contribution is 5.99. The summed E-state index contributed by atoms with van der Waals surface area (Å²) >= 11 is 0. The van der Waals surface area contributed by atoms with Crippen LogP contribution in [-0.2, 0) is 12.7 Å². The molecule has 0 spiro atoms. The first kappa shape index (κ1) is 27.3. The lowest BCUT2D eigenvalue weighted by Gasteiger charge is -2.33. The van der Waals surface area contributed by atoms with Gasteiger partial charge in [0.1, 0.15) is 17.5 Å². The molecule has 2 aromatic carbocycles. The van der Waals surface area contributed by atoms with Crippen molar-refractivity contribution in [2.45, 2.75) is 31.6 Å². The monoisotopic (exact) mass is 555 g/mol. The highest BCUT2D eigenvalue weighted by atomic mass is 19.4. The summed E-state index contributed by atoms with van der Waals surface area (Å²) in [5.41, 5.74) is 1.10. The number of nitrogens with zero attached hydrogens (tertiary/aromatic N) is 4. The third-order valence-corrected chi connectivity index (χ3v) is 6.79. The molecule has 0 radical (unpaired) electrons. The molecule has 2 amide bonds. The maximum absolute atomic E-state index is 13.5. The molecule has 4 aromatic rings. The quantitative estimate of drug-likeness (QED) is 0.270. The number of benzene rings is 2. The van der Waals surface area contributed by atoms with Gasteiger partial charge in [-0.05, 0) is 85.1 Å². The van der Waals surface area contributed by atoms with Crippen molar-refractivity contribution >= 4 is 17.4 Å². The Labute approximate surface area is 227 Å². The summed E-state index contributed by atoms with van der Waals surface area (Å²) in [5, 5.41) is 3.05. The van der Waals surface area contributed by atoms with Crippen LogP contribution in [0.3, 0.4) is 0 Å². The molecular formula is C29H26F5N5O. The predicted octanol–water partition coefficient (Wildman–Crippen LogP) is 6.68. The average Bonchev–Trinajstić information content (AvgIpc) is 3.40. The summed E-state index contributed by atoms with van der Waals surface area (Å²) in [4.78, 5) is 20.9. The summed E-state index contributed by atoms with van der Waals surface area (Å²) in [6.45, 7) is 2.09. The summed E-state index contributed by atoms with van der Waals surface area (Å²) in [6.07, 6.45) is 1.39. The number of alkyl halides is 3. The van der Waals surface area contributed by atoms with Crippen LogP contribution in [0.5, 0.6) is 0 Å². The van der Waals surface area contributed by atoms with Gasteiger partial charge >= 0.3 is 12.2 Å². The van der Waals surface area contributed by atoms with E-state index in [1.807, 2.05) is 12.3 Å². The number of pyridine rings is 1. The molecule has 6 nitrogen and oxygen atoms in total. The molecule has 0 bridgehead atoms. The third kappa shape index (κ3) is 6.48. The molecule has 0 atom stereocenters. The van der Waals surface area contributed by atoms with Crippen LogP contribution in [0, 0.1) is 11.6 Å². The Morgan fingerprint density at radius 2 is 1.50 bits per heavy atom. The molecule has 208 valence electrons. The van der Waals surface area contributed by atoms with Gasteiger partial charge in [-0.15, -0.1) is 0 Å². The van der Waals surface area contributed by atoms with Crippen molar-refractivity contribution in [2.24, 2.45) is 0 Å². The standard InChI is InChI=1S/C29H26F5N5O/c30-22-2-6-25(7-3-22)39(26-8-4-23(31)5-9-26)28(40)36-24-12-14-37(15-13-24)18-20-11-16-38(19-20)27-10-1-21(17-35-27)29(32,33)34/h1-11,16-17,19,24H,12-15,18H2,(H,36,40). The first-order valence-corrected chi connectivity index (χ1v) is 12.7. The summed E-state index contributed by atoms with van der Waals surface area (Å²) in [7, 11) is 0. The Hall–Kier alpha value is -4.25. The van der Waals surface area contributed by atoms with E-state index in [0.29, 0.717) is 36.6 Å². The number of halogens is 5. The minimum atomic E-state index is -4.43. The first-order chi connectivity index (χ1) is 19.2. The molecule has 0 saturated carbocycles. The molecule has 5 rings (SSSR count). The fourth-order valence-corrected chi connectivity index (χ4v) is 4.68. The lowest BCUT2D eigenvalue weighted by molar-refractivity contribution is -0.137. The Balaban J connectivity index is 1.18. The van der Waals surface area contributed by atoms with E-state index in [-0.39, 0.29) is 6.04 Å². The van der Waals surface area contributed by atoms with Gasteiger partial charge in [-0.25, -0.2) is 18.6 Å². The van der Waals surface area contributed by atoms with E-state index in [4.69, 9.17) is 0 Å². The number of carbonyl (C=O) groups is 1. The van der Waals surface area contributed by atoms with Crippen molar-refractivity contribution < 1.29 is 26.7 Å². The Morgan fingerprint density at radius 1 is 0.900 bits per heavy atom. The smallest absolute Gasteiger partial charge is 0.335 e. The van der Waals surface area contributed by atoms with Crippen LogP contribution in [0.1, 0.15) is 24.0 Å². The molecule has 1 aliphatic heterocycles. The highest BCUT2D eigenvalue weighted by Gasteiger charge is 2.30. The largest absolute Gasteiger partial charge is 0.417 e. The van der Waals surface area contributed by atoms with Gasteiger partial charge in [0.15, 0.2) is 0 Å². The van der Waals surface area contributed by atoms with E-state index < -0.39 is 29.4 Å². The van der Waals surface area contributed by atoms with Gasteiger partial charge in [-0.3, -0.25) is 9.80 Å². The van der Waals surface area contributed by atoms with E-state index >= 15 is 0 Å². The average molecular weight is 556 g/mol. The maximum atomic E-state index is 13.5. The normalized spacial score (nSPS) is 14.7. The van der Waals surface area contributed by atoms with E-state index in [0.717, 1.165) is 30.9 Å². The lowest BCUT2D eigenvalue weighted by atomic mass is 10.0. The van der Waals surface area contributed by atoms with Crippen LogP contribution >= 0.6 is 0 Å². The van der Waals surface area contributed by atoms with Crippen LogP contribution in [0.15, 0.2) is 85.3 Å². The predicted molar refractivity (Wildman–Crippen MR) is 140 cm³/mol. The molecule has 0 unspecified atom stereocenters. The minimum Gasteiger partial charge on any atom is -0.335 e. The van der Waals surface area contributed by atoms with Crippen LogP contribution in [0.4, 0.5) is 38.1 Å². The number of likely N-dealkylation sites (tertiary alicyclic amines) is 1. The van der Waals surface area contributed by atoms with Crippen molar-refractivity contribution in [3.8, 4) is 5.82 Å². The molecule has 0 aliphatic carbocycles. The van der Waals surface area contributed by atoms with Gasteiger partial charge in [0.05, 0.1) is 16.9 Å². The number of nitrogens with one attached hydrogen (secondary N) is 1. The van der Waals surface area contributed by atoms with Crippen molar-refractivity contribution in [2.75, 3.05) is 18.0 Å². The van der Waals surface area contributed by atoms with Gasteiger partial charge in [-0.1, -0.05) is 0 Å². The fourth-order valence-electron chi connectivity index (χ4n) is 4.68. The third-order valence-electron chi connectivity index (χ3n) is 6.79. The van der Waals surface area contributed by atoms with Crippen LogP contribution < -0.4 is 10.2 Å². The van der Waals surface area contributed by atoms with Crippen LogP contribution in [-0.4, -0.2) is 39.6 Å². The second-order valence-electron chi connectivity index (χ2n) is 9.62. The van der Waals surface area contributed by atoms with Crippen LogP contribution in [0.2, 0.25) is 0 Å². The fraction of sp³-hybridized carbons (Fsp3) is 0.241. The number of hydrogen-bond donors (Lipinski definition) is 1. The molecule has 1 aliphatic rings. The van der Waals surface area contributed by atoms with Gasteiger partial charge in [0.25, 0.3) is 0 Å². The molecule has 40 heavy (non-hydrogen) atoms. The van der Waals surface area contributed by atoms with Gasteiger partial charge in [0.2, 0.25) is 0 Å². The Kier molecular flexibility index (Phi) is 7.83. The molecule has 1 N–H and O–H groups in total. The highest BCUT2D eigenvalue weighted by Crippen LogP contribution is 2.29. The molecule has 1 saturated heterocycles. The molecule has 11 heteroatoms. The van der Waals surface area contributed by atoms with Crippen molar-refractivity contribution in [1.29, 1.82) is 0 Å². The van der Waals surface area contributed by atoms with E-state index in [1.165, 1.54) is 59.5 Å². The number of carbonyl (C=O) groups excluding carboxylic acids is 1. The molecule has 1 fully saturated rings. The Morgan fingerprint density at radius 3 is 2.02 bits per heavy atom. The number of hydrogen-bond acceptors (Lipinski definition) is 3. The van der Waals surface area contributed by atoms with Gasteiger partial charge < -0.3 is 9.88 Å². The van der Waals surface area contributed by atoms with Crippen molar-refractivity contribution in [3.05, 3.63) is 108 Å². The number of anilines is 2. The number of aromatic nitrogens is 2. The molecular weight excluding hydrogens is 529 g/mol. The summed E-state index contributed by atoms with van der Waals surface area (Å²) < 4.78 is 67.1. The minimum absolute atomic E-state index is 0.0897. The SMILES string of the molecule is O=C(NC1CCN(Cc2ccn(-c3ccc(C(F)(F)F)cn3)c2)CC1)N(c1ccc(F)cc1)c1ccc(F)cc1. The maximum Gasteiger partial charge on any atom is 0.417 e. The van der Waals surface area contributed by atoms with Gasteiger partial charge in [0, 0.05) is 44.3 Å². The molecule has 2 aromatic heterocycles.